The molecule has 0 aliphatic rings. The van der Waals surface area contributed by atoms with E-state index in [0.717, 1.165) is 0 Å². The number of carboxylic acid groups (broad SMARTS) is 1. The van der Waals surface area contributed by atoms with Crippen LogP contribution in [0.1, 0.15) is 10.4 Å². The average molecular weight is 313 g/mol. The summed E-state index contributed by atoms with van der Waals surface area (Å²) in [7, 11) is -1.53. The minimum absolute atomic E-state index is 0.173. The summed E-state index contributed by atoms with van der Waals surface area (Å²) in [6, 6.07) is 11.3. The summed E-state index contributed by atoms with van der Waals surface area (Å²) in [6.45, 7) is 0. The van der Waals surface area contributed by atoms with Gasteiger partial charge in [0.2, 0.25) is 0 Å². The van der Waals surface area contributed by atoms with Gasteiger partial charge in [0.1, 0.15) is 5.52 Å². The van der Waals surface area contributed by atoms with Crippen LogP contribution in [0.5, 0.6) is 0 Å². The average Bonchev–Trinajstić information content (AvgIpc) is 2.54. The van der Waals surface area contributed by atoms with Crippen LogP contribution in [0.15, 0.2) is 59.8 Å². The monoisotopic (exact) mass is 313 g/mol. The standard InChI is InChI=1S/C15H11N3O3S/c19-15(20)10-4-6-11(7-5-10)18-22(21)13-3-1-2-12-14(13)17-9-8-16-12/h1-9,18H,(H,19,20). The minimum atomic E-state index is -1.53. The number of benzene rings is 2. The van der Waals surface area contributed by atoms with Crippen LogP contribution in [-0.4, -0.2) is 25.3 Å². The number of aromatic carboxylic acids is 1. The molecule has 2 aromatic carbocycles. The number of carbonyl (C=O) groups is 1. The molecule has 3 aromatic rings. The Morgan fingerprint density at radius 2 is 1.77 bits per heavy atom. The zero-order valence-electron chi connectivity index (χ0n) is 11.3. The van der Waals surface area contributed by atoms with Gasteiger partial charge in [-0.1, -0.05) is 6.07 Å². The van der Waals surface area contributed by atoms with E-state index >= 15 is 0 Å². The van der Waals surface area contributed by atoms with Crippen LogP contribution in [0.3, 0.4) is 0 Å². The molecule has 3 rings (SSSR count). The molecule has 0 radical (unpaired) electrons. The molecule has 1 atom stereocenters. The Balaban J connectivity index is 1.89. The van der Waals surface area contributed by atoms with Gasteiger partial charge in [0.15, 0.2) is 11.0 Å². The molecule has 2 N–H and O–H groups in total. The number of rotatable bonds is 4. The molecule has 0 aliphatic carbocycles. The Morgan fingerprint density at radius 1 is 1.05 bits per heavy atom. The summed E-state index contributed by atoms with van der Waals surface area (Å²) in [5.41, 5.74) is 1.96. The largest absolute Gasteiger partial charge is 0.478 e. The highest BCUT2D eigenvalue weighted by Gasteiger charge is 2.10. The van der Waals surface area contributed by atoms with E-state index in [2.05, 4.69) is 14.7 Å². The second kappa shape index (κ2) is 5.90. The van der Waals surface area contributed by atoms with Crippen molar-refractivity contribution in [3.63, 3.8) is 0 Å². The second-order valence-electron chi connectivity index (χ2n) is 4.43. The normalized spacial score (nSPS) is 12.0. The summed E-state index contributed by atoms with van der Waals surface area (Å²) in [6.07, 6.45) is 3.12. The maximum atomic E-state index is 12.5. The van der Waals surface area contributed by atoms with E-state index in [1.54, 1.807) is 42.7 Å². The van der Waals surface area contributed by atoms with Crippen molar-refractivity contribution < 1.29 is 14.1 Å². The Kier molecular flexibility index (Phi) is 3.80. The molecule has 0 saturated heterocycles. The van der Waals surface area contributed by atoms with Gasteiger partial charge in [-0.3, -0.25) is 9.97 Å². The smallest absolute Gasteiger partial charge is 0.335 e. The molecule has 0 bridgehead atoms. The van der Waals surface area contributed by atoms with E-state index in [0.29, 0.717) is 21.6 Å². The van der Waals surface area contributed by atoms with Crippen molar-refractivity contribution in [2.24, 2.45) is 0 Å². The van der Waals surface area contributed by atoms with Crippen molar-refractivity contribution in [1.82, 2.24) is 9.97 Å². The number of carboxylic acids is 1. The Morgan fingerprint density at radius 3 is 2.50 bits per heavy atom. The van der Waals surface area contributed by atoms with Gasteiger partial charge in [0.25, 0.3) is 0 Å². The van der Waals surface area contributed by atoms with Crippen molar-refractivity contribution in [3.05, 3.63) is 60.4 Å². The van der Waals surface area contributed by atoms with Crippen molar-refractivity contribution in [1.29, 1.82) is 0 Å². The topological polar surface area (TPSA) is 92.2 Å². The zero-order chi connectivity index (χ0) is 15.5. The zero-order valence-corrected chi connectivity index (χ0v) is 12.1. The lowest BCUT2D eigenvalue weighted by Crippen LogP contribution is -2.06. The van der Waals surface area contributed by atoms with Crippen LogP contribution in [0.2, 0.25) is 0 Å². The van der Waals surface area contributed by atoms with Gasteiger partial charge in [0, 0.05) is 18.1 Å². The number of fused-ring (bicyclic) bond motifs is 1. The van der Waals surface area contributed by atoms with Gasteiger partial charge in [0.05, 0.1) is 16.0 Å². The third kappa shape index (κ3) is 2.79. The fourth-order valence-corrected chi connectivity index (χ4v) is 2.95. The van der Waals surface area contributed by atoms with Crippen LogP contribution < -0.4 is 4.72 Å². The highest BCUT2D eigenvalue weighted by molar-refractivity contribution is 7.86. The Bertz CT molecular complexity index is 860. The van der Waals surface area contributed by atoms with E-state index in [1.165, 1.54) is 12.1 Å². The third-order valence-corrected chi connectivity index (χ3v) is 4.15. The summed E-state index contributed by atoms with van der Waals surface area (Å²) in [5.74, 6) is -1.00. The lowest BCUT2D eigenvalue weighted by atomic mass is 10.2. The second-order valence-corrected chi connectivity index (χ2v) is 5.61. The number of nitrogens with zero attached hydrogens (tertiary/aromatic N) is 2. The highest BCUT2D eigenvalue weighted by atomic mass is 32.2. The molecule has 7 heteroatoms. The predicted molar refractivity (Wildman–Crippen MR) is 83.0 cm³/mol. The van der Waals surface area contributed by atoms with Crippen molar-refractivity contribution in [2.45, 2.75) is 4.90 Å². The molecule has 0 spiro atoms. The van der Waals surface area contributed by atoms with Crippen LogP contribution in [0.4, 0.5) is 5.69 Å². The molecule has 0 aliphatic heterocycles. The summed E-state index contributed by atoms with van der Waals surface area (Å²) in [4.78, 5) is 19.7. The molecule has 6 nitrogen and oxygen atoms in total. The Hall–Kier alpha value is -2.80. The number of nitrogens with one attached hydrogen (secondary N) is 1. The van der Waals surface area contributed by atoms with Crippen LogP contribution in [0.25, 0.3) is 11.0 Å². The molecule has 22 heavy (non-hydrogen) atoms. The fourth-order valence-electron chi connectivity index (χ4n) is 1.96. The van der Waals surface area contributed by atoms with Gasteiger partial charge in [-0.05, 0) is 36.4 Å². The number of hydrogen-bond donors (Lipinski definition) is 2. The lowest BCUT2D eigenvalue weighted by molar-refractivity contribution is 0.0697. The highest BCUT2D eigenvalue weighted by Crippen LogP contribution is 2.19. The predicted octanol–water partition coefficient (Wildman–Crippen LogP) is 2.46. The molecule has 1 aromatic heterocycles. The van der Waals surface area contributed by atoms with E-state index in [4.69, 9.17) is 5.11 Å². The van der Waals surface area contributed by atoms with Crippen molar-refractivity contribution >= 4 is 33.7 Å². The number of anilines is 1. The first-order valence-electron chi connectivity index (χ1n) is 6.36. The first-order chi connectivity index (χ1) is 10.6. The van der Waals surface area contributed by atoms with E-state index in [-0.39, 0.29) is 5.56 Å². The van der Waals surface area contributed by atoms with E-state index < -0.39 is 17.0 Å². The maximum absolute atomic E-state index is 12.5. The van der Waals surface area contributed by atoms with Gasteiger partial charge in [-0.25, -0.2) is 9.00 Å². The SMILES string of the molecule is O=C(O)c1ccc(NS(=O)c2cccc3nccnc23)cc1. The third-order valence-electron chi connectivity index (χ3n) is 3.00. The first kappa shape index (κ1) is 14.2. The molecule has 1 unspecified atom stereocenters. The molecule has 1 heterocycles. The van der Waals surface area contributed by atoms with Crippen molar-refractivity contribution in [2.75, 3.05) is 4.72 Å². The number of aromatic nitrogens is 2. The van der Waals surface area contributed by atoms with Crippen molar-refractivity contribution in [3.8, 4) is 0 Å². The Labute approximate surface area is 128 Å². The number of para-hydroxylation sites is 1. The van der Waals surface area contributed by atoms with E-state index in [9.17, 15) is 9.00 Å². The summed E-state index contributed by atoms with van der Waals surface area (Å²) >= 11 is 0. The fraction of sp³-hybridized carbons (Fsp3) is 0. The molecular formula is C15H11N3O3S. The van der Waals surface area contributed by atoms with Gasteiger partial charge in [-0.2, -0.15) is 0 Å². The van der Waals surface area contributed by atoms with E-state index in [1.807, 2.05) is 0 Å². The molecule has 0 saturated carbocycles. The molecule has 0 fully saturated rings. The van der Waals surface area contributed by atoms with Crippen LogP contribution >= 0.6 is 0 Å². The van der Waals surface area contributed by atoms with Gasteiger partial charge in [-0.15, -0.1) is 0 Å². The molecular weight excluding hydrogens is 302 g/mol. The summed E-state index contributed by atoms with van der Waals surface area (Å²) < 4.78 is 15.3. The maximum Gasteiger partial charge on any atom is 0.335 e. The number of hydrogen-bond acceptors (Lipinski definition) is 4. The van der Waals surface area contributed by atoms with Crippen LogP contribution in [-0.2, 0) is 11.0 Å². The molecule has 0 amide bonds. The lowest BCUT2D eigenvalue weighted by Gasteiger charge is -2.08. The van der Waals surface area contributed by atoms with Gasteiger partial charge >= 0.3 is 5.97 Å². The quantitative estimate of drug-likeness (QED) is 0.772. The molecule has 110 valence electrons. The van der Waals surface area contributed by atoms with Gasteiger partial charge < -0.3 is 9.83 Å². The summed E-state index contributed by atoms with van der Waals surface area (Å²) in [5, 5.41) is 8.86. The first-order valence-corrected chi connectivity index (χ1v) is 7.51. The van der Waals surface area contributed by atoms with Crippen LogP contribution in [0, 0.1) is 0 Å². The minimum Gasteiger partial charge on any atom is -0.478 e.